The first-order chi connectivity index (χ1) is 8.16. The zero-order valence-electron chi connectivity index (χ0n) is 8.65. The molecule has 2 aromatic rings. The van der Waals surface area contributed by atoms with Gasteiger partial charge in [-0.05, 0) is 29.1 Å². The predicted octanol–water partition coefficient (Wildman–Crippen LogP) is 4.68. The van der Waals surface area contributed by atoms with Crippen LogP contribution in [0.5, 0.6) is 5.75 Å². The van der Waals surface area contributed by atoms with Crippen molar-refractivity contribution in [2.75, 3.05) is 0 Å². The Morgan fingerprint density at radius 3 is 2.65 bits per heavy atom. The van der Waals surface area contributed by atoms with Crippen molar-refractivity contribution in [1.82, 2.24) is 0 Å². The molecule has 0 saturated heterocycles. The lowest BCUT2D eigenvalue weighted by Crippen LogP contribution is -2.02. The van der Waals surface area contributed by atoms with Gasteiger partial charge in [-0.15, -0.1) is 22.9 Å². The Kier molecular flexibility index (Phi) is 3.97. The molecule has 0 N–H and O–H groups in total. The molecule has 0 radical (unpaired) electrons. The maximum absolute atomic E-state index is 12.1. The average Bonchev–Trinajstić information content (AvgIpc) is 2.81. The van der Waals surface area contributed by atoms with Crippen molar-refractivity contribution >= 4 is 22.9 Å². The summed E-state index contributed by atoms with van der Waals surface area (Å²) in [6.07, 6.45) is 0. The quantitative estimate of drug-likeness (QED) is 0.736. The minimum atomic E-state index is -2.82. The molecular weight excluding hydrogens is 266 g/mol. The third kappa shape index (κ3) is 3.17. The highest BCUT2D eigenvalue weighted by atomic mass is 35.5. The molecule has 0 bridgehead atoms. The Morgan fingerprint density at radius 2 is 2.00 bits per heavy atom. The molecule has 1 atom stereocenters. The first-order valence-electron chi connectivity index (χ1n) is 4.89. The third-order valence-corrected chi connectivity index (χ3v) is 3.72. The second kappa shape index (κ2) is 5.47. The van der Waals surface area contributed by atoms with Crippen LogP contribution in [0.3, 0.4) is 0 Å². The van der Waals surface area contributed by atoms with Crippen LogP contribution in [0.15, 0.2) is 41.8 Å². The average molecular weight is 275 g/mol. The number of halogens is 3. The summed E-state index contributed by atoms with van der Waals surface area (Å²) in [7, 11) is 0. The molecule has 0 saturated carbocycles. The fourth-order valence-electron chi connectivity index (χ4n) is 1.45. The van der Waals surface area contributed by atoms with Crippen molar-refractivity contribution in [3.8, 4) is 5.75 Å². The summed E-state index contributed by atoms with van der Waals surface area (Å²) < 4.78 is 28.5. The van der Waals surface area contributed by atoms with Crippen molar-refractivity contribution in [3.63, 3.8) is 0 Å². The van der Waals surface area contributed by atoms with E-state index in [4.69, 9.17) is 11.6 Å². The van der Waals surface area contributed by atoms with Crippen LogP contribution in [-0.2, 0) is 0 Å². The third-order valence-electron chi connectivity index (χ3n) is 2.17. The second-order valence-electron chi connectivity index (χ2n) is 3.33. The number of rotatable bonds is 4. The minimum absolute atomic E-state index is 0.125. The van der Waals surface area contributed by atoms with E-state index in [0.717, 1.165) is 10.4 Å². The van der Waals surface area contributed by atoms with Crippen LogP contribution in [0, 0.1) is 0 Å². The molecule has 2 rings (SSSR count). The molecular formula is C12H9ClF2OS. The summed E-state index contributed by atoms with van der Waals surface area (Å²) in [5.41, 5.74) is 0.743. The fraction of sp³-hybridized carbons (Fsp3) is 0.167. The highest BCUT2D eigenvalue weighted by molar-refractivity contribution is 7.10. The minimum Gasteiger partial charge on any atom is -0.435 e. The van der Waals surface area contributed by atoms with Crippen LogP contribution >= 0.6 is 22.9 Å². The second-order valence-corrected chi connectivity index (χ2v) is 4.74. The highest BCUT2D eigenvalue weighted by Gasteiger charge is 2.13. The van der Waals surface area contributed by atoms with E-state index in [1.54, 1.807) is 12.1 Å². The zero-order chi connectivity index (χ0) is 12.3. The normalized spacial score (nSPS) is 12.7. The maximum Gasteiger partial charge on any atom is 0.387 e. The van der Waals surface area contributed by atoms with Crippen molar-refractivity contribution in [1.29, 1.82) is 0 Å². The molecule has 0 fully saturated rings. The monoisotopic (exact) mass is 274 g/mol. The number of benzene rings is 1. The summed E-state index contributed by atoms with van der Waals surface area (Å²) >= 11 is 7.77. The van der Waals surface area contributed by atoms with Crippen LogP contribution in [0.1, 0.15) is 15.8 Å². The van der Waals surface area contributed by atoms with E-state index in [-0.39, 0.29) is 11.1 Å². The summed E-state index contributed by atoms with van der Waals surface area (Å²) in [5.74, 6) is 0.125. The van der Waals surface area contributed by atoms with Gasteiger partial charge in [0.05, 0.1) is 5.38 Å². The molecule has 5 heteroatoms. The Bertz CT molecular complexity index is 473. The Morgan fingerprint density at radius 1 is 1.18 bits per heavy atom. The maximum atomic E-state index is 12.1. The van der Waals surface area contributed by atoms with Crippen molar-refractivity contribution < 1.29 is 13.5 Å². The smallest absolute Gasteiger partial charge is 0.387 e. The van der Waals surface area contributed by atoms with Gasteiger partial charge in [-0.2, -0.15) is 8.78 Å². The van der Waals surface area contributed by atoms with Crippen molar-refractivity contribution in [2.24, 2.45) is 0 Å². The van der Waals surface area contributed by atoms with Gasteiger partial charge in [0.2, 0.25) is 0 Å². The number of thiophene rings is 1. The Balaban J connectivity index is 2.21. The molecule has 0 aliphatic rings. The van der Waals surface area contributed by atoms with Gasteiger partial charge in [-0.25, -0.2) is 0 Å². The van der Waals surface area contributed by atoms with E-state index < -0.39 is 6.61 Å². The molecule has 1 aromatic carbocycles. The summed E-state index contributed by atoms with van der Waals surface area (Å²) in [6, 6.07) is 10.3. The number of hydrogen-bond donors (Lipinski definition) is 0. The lowest BCUT2D eigenvalue weighted by molar-refractivity contribution is -0.0498. The molecule has 1 nitrogen and oxygen atoms in total. The standard InChI is InChI=1S/C12H9ClF2OS/c13-11(10-5-2-6-17-10)8-3-1-4-9(7-8)16-12(14)15/h1-7,11-12H. The van der Waals surface area contributed by atoms with Crippen LogP contribution in [-0.4, -0.2) is 6.61 Å². The van der Waals surface area contributed by atoms with E-state index >= 15 is 0 Å². The summed E-state index contributed by atoms with van der Waals surface area (Å²) in [6.45, 7) is -2.82. The first-order valence-corrected chi connectivity index (χ1v) is 6.20. The van der Waals surface area contributed by atoms with Crippen LogP contribution < -0.4 is 4.74 Å². The van der Waals surface area contributed by atoms with Gasteiger partial charge >= 0.3 is 6.61 Å². The van der Waals surface area contributed by atoms with Gasteiger partial charge in [-0.1, -0.05) is 18.2 Å². The molecule has 17 heavy (non-hydrogen) atoms. The molecule has 0 aliphatic carbocycles. The van der Waals surface area contributed by atoms with Crippen LogP contribution in [0.25, 0.3) is 0 Å². The molecule has 90 valence electrons. The van der Waals surface area contributed by atoms with E-state index in [1.165, 1.54) is 23.5 Å². The Hall–Kier alpha value is -1.13. The lowest BCUT2D eigenvalue weighted by Gasteiger charge is -2.10. The lowest BCUT2D eigenvalue weighted by atomic mass is 10.1. The molecule has 1 unspecified atom stereocenters. The van der Waals surface area contributed by atoms with E-state index in [1.807, 2.05) is 17.5 Å². The van der Waals surface area contributed by atoms with Crippen LogP contribution in [0.4, 0.5) is 8.78 Å². The predicted molar refractivity (Wildman–Crippen MR) is 65.1 cm³/mol. The van der Waals surface area contributed by atoms with Crippen LogP contribution in [0.2, 0.25) is 0 Å². The SMILES string of the molecule is FC(F)Oc1cccc(C(Cl)c2cccs2)c1. The van der Waals surface area contributed by atoms with Gasteiger partial charge in [-0.3, -0.25) is 0 Å². The summed E-state index contributed by atoms with van der Waals surface area (Å²) in [4.78, 5) is 0.973. The molecule has 0 amide bonds. The van der Waals surface area contributed by atoms with E-state index in [9.17, 15) is 8.78 Å². The van der Waals surface area contributed by atoms with Gasteiger partial charge in [0.25, 0.3) is 0 Å². The highest BCUT2D eigenvalue weighted by Crippen LogP contribution is 2.33. The van der Waals surface area contributed by atoms with Crippen molar-refractivity contribution in [3.05, 3.63) is 52.2 Å². The molecule has 0 aliphatic heterocycles. The van der Waals surface area contributed by atoms with Gasteiger partial charge in [0.15, 0.2) is 0 Å². The van der Waals surface area contributed by atoms with E-state index in [2.05, 4.69) is 4.74 Å². The summed E-state index contributed by atoms with van der Waals surface area (Å²) in [5, 5.41) is 1.58. The van der Waals surface area contributed by atoms with E-state index in [0.29, 0.717) is 0 Å². The molecule has 1 aromatic heterocycles. The largest absolute Gasteiger partial charge is 0.435 e. The first kappa shape index (κ1) is 12.3. The van der Waals surface area contributed by atoms with Gasteiger partial charge in [0.1, 0.15) is 5.75 Å². The zero-order valence-corrected chi connectivity index (χ0v) is 10.2. The van der Waals surface area contributed by atoms with Crippen molar-refractivity contribution in [2.45, 2.75) is 12.0 Å². The fourth-order valence-corrected chi connectivity index (χ4v) is 2.54. The van der Waals surface area contributed by atoms with Gasteiger partial charge in [0, 0.05) is 4.88 Å². The molecule has 0 spiro atoms. The number of hydrogen-bond acceptors (Lipinski definition) is 2. The topological polar surface area (TPSA) is 9.23 Å². The number of ether oxygens (including phenoxy) is 1. The Labute approximate surface area is 107 Å². The van der Waals surface area contributed by atoms with Gasteiger partial charge < -0.3 is 4.74 Å². The molecule has 1 heterocycles. The number of alkyl halides is 3.